The van der Waals surface area contributed by atoms with E-state index in [9.17, 15) is 0 Å². The highest BCUT2D eigenvalue weighted by Gasteiger charge is 2.31. The van der Waals surface area contributed by atoms with E-state index in [0.29, 0.717) is 17.8 Å². The van der Waals surface area contributed by atoms with Crippen LogP contribution in [-0.2, 0) is 0 Å². The molecule has 3 aliphatic heterocycles. The van der Waals surface area contributed by atoms with Crippen molar-refractivity contribution in [3.8, 4) is 0 Å². The van der Waals surface area contributed by atoms with Gasteiger partial charge in [-0.1, -0.05) is 60.7 Å². The molecule has 0 aromatic heterocycles. The Morgan fingerprint density at radius 3 is 2.04 bits per heavy atom. The van der Waals surface area contributed by atoms with Crippen LogP contribution in [0.15, 0.2) is 98.5 Å². The Morgan fingerprint density at radius 1 is 0.654 bits per heavy atom. The quantitative estimate of drug-likeness (QED) is 0.820. The number of allylic oxidation sites excluding steroid dienone is 2. The largest absolute Gasteiger partial charge is 0.246 e. The predicted molar refractivity (Wildman–Crippen MR) is 105 cm³/mol. The van der Waals surface area contributed by atoms with Gasteiger partial charge in [0.25, 0.3) is 0 Å². The first-order chi connectivity index (χ1) is 12.8. The van der Waals surface area contributed by atoms with Gasteiger partial charge in [-0.05, 0) is 19.1 Å². The molecule has 0 saturated carbocycles. The summed E-state index contributed by atoms with van der Waals surface area (Å²) in [6.45, 7) is 1.86. The molecule has 3 aliphatic rings. The molecule has 0 spiro atoms. The zero-order valence-corrected chi connectivity index (χ0v) is 14.2. The van der Waals surface area contributed by atoms with Gasteiger partial charge in [-0.3, -0.25) is 0 Å². The van der Waals surface area contributed by atoms with Gasteiger partial charge in [0.2, 0.25) is 11.9 Å². The second kappa shape index (κ2) is 5.74. The van der Waals surface area contributed by atoms with E-state index in [-0.39, 0.29) is 0 Å². The summed E-state index contributed by atoms with van der Waals surface area (Å²) < 4.78 is 0. The fourth-order valence-electron chi connectivity index (χ4n) is 3.13. The third-order valence-electron chi connectivity index (χ3n) is 4.33. The number of hydrogen-bond acceptors (Lipinski definition) is 5. The minimum Gasteiger partial charge on any atom is -0.246 e. The highest BCUT2D eigenvalue weighted by Crippen LogP contribution is 2.30. The molecule has 124 valence electrons. The summed E-state index contributed by atoms with van der Waals surface area (Å²) in [5, 5.41) is 0. The second-order valence-corrected chi connectivity index (χ2v) is 6.15. The lowest BCUT2D eigenvalue weighted by Crippen LogP contribution is -2.41. The number of aliphatic imine (C=N–C) groups is 4. The van der Waals surface area contributed by atoms with Crippen molar-refractivity contribution >= 4 is 29.2 Å². The maximum absolute atomic E-state index is 4.73. The first-order valence-electron chi connectivity index (χ1n) is 8.44. The summed E-state index contributed by atoms with van der Waals surface area (Å²) in [5.74, 6) is 1.87. The number of nitrogens with zero attached hydrogens (tertiary/aromatic N) is 5. The van der Waals surface area contributed by atoms with Crippen molar-refractivity contribution in [2.24, 2.45) is 20.0 Å². The summed E-state index contributed by atoms with van der Waals surface area (Å²) in [6, 6.07) is 20.2. The van der Waals surface area contributed by atoms with Crippen LogP contribution >= 0.6 is 0 Å². The molecule has 0 saturated heterocycles. The smallest absolute Gasteiger partial charge is 0.239 e. The first-order valence-corrected chi connectivity index (χ1v) is 8.44. The van der Waals surface area contributed by atoms with Gasteiger partial charge in [0.05, 0.1) is 17.1 Å². The molecule has 0 radical (unpaired) electrons. The van der Waals surface area contributed by atoms with Crippen molar-refractivity contribution in [3.05, 3.63) is 89.6 Å². The number of rotatable bonds is 2. The number of hydrogen-bond donors (Lipinski definition) is 0. The molecule has 0 N–H and O–H groups in total. The van der Waals surface area contributed by atoms with Crippen molar-refractivity contribution in [2.75, 3.05) is 0 Å². The molecular formula is C21H15N5. The molecule has 3 heterocycles. The summed E-state index contributed by atoms with van der Waals surface area (Å²) in [5.41, 5.74) is 4.85. The molecule has 0 fully saturated rings. The maximum Gasteiger partial charge on any atom is 0.239 e. The Bertz CT molecular complexity index is 1030. The van der Waals surface area contributed by atoms with Gasteiger partial charge in [-0.15, -0.1) is 0 Å². The standard InChI is InChI=1S/C21H15N5/c1-14-22-20-24-18(15-8-4-2-5-9-15)12-17-13-19(16-10-6-3-7-11-16)25-21(23-14)26(17)20/h2-13H,1H3. The fraction of sp³-hybridized carbons (Fsp3) is 0.0476. The van der Waals surface area contributed by atoms with E-state index in [0.717, 1.165) is 28.2 Å². The molecule has 0 bridgehead atoms. The average Bonchev–Trinajstić information content (AvgIpc) is 2.68. The Kier molecular flexibility index (Phi) is 3.25. The zero-order valence-electron chi connectivity index (χ0n) is 14.2. The van der Waals surface area contributed by atoms with Crippen LogP contribution in [0.3, 0.4) is 0 Å². The van der Waals surface area contributed by atoms with Crippen LogP contribution in [0.25, 0.3) is 5.70 Å². The third-order valence-corrected chi connectivity index (χ3v) is 4.33. The summed E-state index contributed by atoms with van der Waals surface area (Å²) in [7, 11) is 0. The first kappa shape index (κ1) is 14.7. The Morgan fingerprint density at radius 2 is 1.31 bits per heavy atom. The normalized spacial score (nSPS) is 18.0. The molecule has 2 aromatic carbocycles. The van der Waals surface area contributed by atoms with Gasteiger partial charge in [0.15, 0.2) is 0 Å². The molecule has 0 atom stereocenters. The topological polar surface area (TPSA) is 52.7 Å². The third kappa shape index (κ3) is 2.41. The van der Waals surface area contributed by atoms with E-state index in [1.54, 1.807) is 0 Å². The van der Waals surface area contributed by atoms with Crippen molar-refractivity contribution in [2.45, 2.75) is 6.92 Å². The van der Waals surface area contributed by atoms with Gasteiger partial charge in [0, 0.05) is 11.1 Å². The lowest BCUT2D eigenvalue weighted by atomic mass is 10.0. The van der Waals surface area contributed by atoms with E-state index in [2.05, 4.69) is 46.4 Å². The Labute approximate surface area is 151 Å². The van der Waals surface area contributed by atoms with E-state index in [1.165, 1.54) is 0 Å². The Balaban J connectivity index is 1.69. The van der Waals surface area contributed by atoms with Crippen molar-refractivity contribution in [1.82, 2.24) is 4.90 Å². The van der Waals surface area contributed by atoms with E-state index >= 15 is 0 Å². The van der Waals surface area contributed by atoms with Crippen LogP contribution in [-0.4, -0.2) is 28.4 Å². The molecule has 0 unspecified atom stereocenters. The Hall–Kier alpha value is -3.60. The highest BCUT2D eigenvalue weighted by molar-refractivity contribution is 6.23. The molecule has 5 rings (SSSR count). The number of guanidine groups is 2. The van der Waals surface area contributed by atoms with E-state index in [4.69, 9.17) is 9.98 Å². The van der Waals surface area contributed by atoms with Crippen molar-refractivity contribution in [1.29, 1.82) is 0 Å². The number of amidine groups is 1. The molecule has 5 nitrogen and oxygen atoms in total. The minimum absolute atomic E-state index is 0.607. The summed E-state index contributed by atoms with van der Waals surface area (Å²) >= 11 is 0. The summed E-state index contributed by atoms with van der Waals surface area (Å²) in [6.07, 6.45) is 4.12. The van der Waals surface area contributed by atoms with Gasteiger partial charge < -0.3 is 0 Å². The van der Waals surface area contributed by atoms with Crippen LogP contribution in [0.2, 0.25) is 0 Å². The minimum atomic E-state index is 0.607. The molecule has 26 heavy (non-hydrogen) atoms. The van der Waals surface area contributed by atoms with Gasteiger partial charge in [0.1, 0.15) is 5.84 Å². The van der Waals surface area contributed by atoms with Crippen LogP contribution in [0.4, 0.5) is 0 Å². The molecule has 0 amide bonds. The predicted octanol–water partition coefficient (Wildman–Crippen LogP) is 3.87. The van der Waals surface area contributed by atoms with Crippen LogP contribution in [0.1, 0.15) is 18.1 Å². The number of benzene rings is 2. The zero-order chi connectivity index (χ0) is 17.5. The van der Waals surface area contributed by atoms with Gasteiger partial charge in [-0.2, -0.15) is 9.98 Å². The monoisotopic (exact) mass is 337 g/mol. The fourth-order valence-corrected chi connectivity index (χ4v) is 3.13. The SMILES string of the molecule is CC1=NC2=NC(c3ccccc3)=CC3=CC(c4ccccc4)=NC(=N1)N32. The molecule has 0 aliphatic carbocycles. The highest BCUT2D eigenvalue weighted by atomic mass is 15.4. The van der Waals surface area contributed by atoms with E-state index in [1.807, 2.05) is 48.2 Å². The lowest BCUT2D eigenvalue weighted by molar-refractivity contribution is 0.736. The lowest BCUT2D eigenvalue weighted by Gasteiger charge is -2.32. The van der Waals surface area contributed by atoms with Crippen molar-refractivity contribution in [3.63, 3.8) is 0 Å². The van der Waals surface area contributed by atoms with Gasteiger partial charge in [-0.25, -0.2) is 14.9 Å². The van der Waals surface area contributed by atoms with Crippen molar-refractivity contribution < 1.29 is 0 Å². The van der Waals surface area contributed by atoms with Gasteiger partial charge >= 0.3 is 0 Å². The average molecular weight is 337 g/mol. The second-order valence-electron chi connectivity index (χ2n) is 6.15. The van der Waals surface area contributed by atoms with Crippen LogP contribution < -0.4 is 0 Å². The molecule has 2 aromatic rings. The molecule has 5 heteroatoms. The summed E-state index contributed by atoms with van der Waals surface area (Å²) in [4.78, 5) is 20.4. The molecular weight excluding hydrogens is 322 g/mol. The maximum atomic E-state index is 4.73. The van der Waals surface area contributed by atoms with Crippen LogP contribution in [0.5, 0.6) is 0 Å². The van der Waals surface area contributed by atoms with E-state index < -0.39 is 0 Å². The van der Waals surface area contributed by atoms with Crippen LogP contribution in [0, 0.1) is 0 Å².